The van der Waals surface area contributed by atoms with Crippen LogP contribution >= 0.6 is 11.8 Å². The highest BCUT2D eigenvalue weighted by Crippen LogP contribution is 2.61. The monoisotopic (exact) mass is 499 g/mol. The topological polar surface area (TPSA) is 92.5 Å². The Morgan fingerprint density at radius 2 is 1.83 bits per heavy atom. The van der Waals surface area contributed by atoms with Gasteiger partial charge in [-0.15, -0.1) is 11.8 Å². The van der Waals surface area contributed by atoms with E-state index in [1.54, 1.807) is 36.0 Å². The molecule has 8 heteroatoms. The molecule has 4 atom stereocenters. The van der Waals surface area contributed by atoms with E-state index in [1.165, 1.54) is 12.1 Å². The second-order valence-corrected chi connectivity index (χ2v) is 10.8. The van der Waals surface area contributed by atoms with Crippen LogP contribution in [0.5, 0.6) is 0 Å². The van der Waals surface area contributed by atoms with E-state index in [0.717, 1.165) is 33.7 Å². The first-order valence-corrected chi connectivity index (χ1v) is 13.1. The number of amides is 1. The molecule has 0 unspecified atom stereocenters. The molecular weight excluding hydrogens is 474 g/mol. The van der Waals surface area contributed by atoms with Gasteiger partial charge in [-0.05, 0) is 25.0 Å². The zero-order chi connectivity index (χ0) is 25.2. The number of ketones is 1. The molecule has 0 radical (unpaired) electrons. The number of hydrogen-bond acceptors (Lipinski definition) is 6. The second kappa shape index (κ2) is 8.28. The van der Waals surface area contributed by atoms with Crippen LogP contribution in [0.3, 0.4) is 0 Å². The van der Waals surface area contributed by atoms with Crippen molar-refractivity contribution in [2.75, 3.05) is 16.9 Å². The van der Waals surface area contributed by atoms with Gasteiger partial charge in [-0.25, -0.2) is 0 Å². The van der Waals surface area contributed by atoms with Crippen LogP contribution in [0, 0.1) is 29.9 Å². The standard InChI is InChI=1S/C28H25N3O4S/c1-16-12-17(2)25-21(13-16)28(27(33)29-25)24(26(32)19-6-4-3-5-7-19)23(22-14-36-15-30(22)28)18-8-10-20(11-9-18)31(34)35/h3-13,22-24H,14-15H2,1-2H3,(H,29,33)/t22-,23+,24+,28-/m1/s1. The minimum atomic E-state index is -1.15. The Morgan fingerprint density at radius 3 is 2.53 bits per heavy atom. The highest BCUT2D eigenvalue weighted by molar-refractivity contribution is 7.99. The van der Waals surface area contributed by atoms with Gasteiger partial charge >= 0.3 is 0 Å². The lowest BCUT2D eigenvalue weighted by Crippen LogP contribution is -2.52. The Labute approximate surface area is 213 Å². The average Bonchev–Trinajstić information content (AvgIpc) is 3.53. The van der Waals surface area contributed by atoms with Gasteiger partial charge in [0.25, 0.3) is 5.69 Å². The van der Waals surface area contributed by atoms with Crippen LogP contribution in [0.1, 0.15) is 38.5 Å². The minimum Gasteiger partial charge on any atom is -0.324 e. The van der Waals surface area contributed by atoms with Crippen LogP contribution in [0.25, 0.3) is 0 Å². The molecule has 1 spiro atoms. The maximum Gasteiger partial charge on any atom is 0.269 e. The number of nitro groups is 1. The summed E-state index contributed by atoms with van der Waals surface area (Å²) in [6.07, 6.45) is 0. The smallest absolute Gasteiger partial charge is 0.269 e. The molecule has 1 amide bonds. The van der Waals surface area contributed by atoms with E-state index in [4.69, 9.17) is 0 Å². The SMILES string of the molecule is Cc1cc(C)c2c(c1)[C@]1(C(=O)N2)[C@H](C(=O)c2ccccc2)[C@@H](c2ccc([N+](=O)[O-])cc2)[C@H]2CSCN21. The highest BCUT2D eigenvalue weighted by atomic mass is 32.2. The Morgan fingerprint density at radius 1 is 1.11 bits per heavy atom. The first-order valence-electron chi connectivity index (χ1n) is 12.0. The fraction of sp³-hybridized carbons (Fsp3) is 0.286. The number of hydrogen-bond donors (Lipinski definition) is 1. The lowest BCUT2D eigenvalue weighted by Gasteiger charge is -2.36. The van der Waals surface area contributed by atoms with Crippen molar-refractivity contribution in [1.29, 1.82) is 0 Å². The van der Waals surface area contributed by atoms with Gasteiger partial charge in [-0.3, -0.25) is 24.6 Å². The Bertz CT molecular complexity index is 1410. The predicted octanol–water partition coefficient (Wildman–Crippen LogP) is 5.03. The summed E-state index contributed by atoms with van der Waals surface area (Å²) in [6, 6.07) is 19.7. The van der Waals surface area contributed by atoms with Crippen molar-refractivity contribution in [3.05, 3.63) is 105 Å². The van der Waals surface area contributed by atoms with E-state index >= 15 is 0 Å². The van der Waals surface area contributed by atoms with Crippen molar-refractivity contribution >= 4 is 34.8 Å². The molecule has 1 N–H and O–H groups in total. The fourth-order valence-corrected chi connectivity index (χ4v) is 7.83. The van der Waals surface area contributed by atoms with Crippen LogP contribution < -0.4 is 5.32 Å². The number of thioether (sulfide) groups is 1. The van der Waals surface area contributed by atoms with Crippen LogP contribution in [0.4, 0.5) is 11.4 Å². The molecule has 6 rings (SSSR count). The average molecular weight is 500 g/mol. The van der Waals surface area contributed by atoms with Gasteiger partial charge in [-0.1, -0.05) is 60.2 Å². The van der Waals surface area contributed by atoms with Crippen molar-refractivity contribution in [1.82, 2.24) is 4.90 Å². The molecule has 2 fully saturated rings. The van der Waals surface area contributed by atoms with E-state index in [2.05, 4.69) is 10.2 Å². The molecule has 0 saturated carbocycles. The molecule has 0 aliphatic carbocycles. The Kier molecular flexibility index (Phi) is 5.28. The lowest BCUT2D eigenvalue weighted by molar-refractivity contribution is -0.384. The zero-order valence-corrected chi connectivity index (χ0v) is 20.7. The van der Waals surface area contributed by atoms with Gasteiger partial charge in [-0.2, -0.15) is 0 Å². The summed E-state index contributed by atoms with van der Waals surface area (Å²) in [5.74, 6) is 0.167. The third-order valence-electron chi connectivity index (χ3n) is 7.90. The number of benzene rings is 3. The maximum atomic E-state index is 14.4. The number of nitrogens with one attached hydrogen (secondary N) is 1. The van der Waals surface area contributed by atoms with Crippen molar-refractivity contribution in [2.24, 2.45) is 5.92 Å². The van der Waals surface area contributed by atoms with Gasteiger partial charge in [0.05, 0.1) is 10.8 Å². The van der Waals surface area contributed by atoms with Gasteiger partial charge in [0.1, 0.15) is 5.54 Å². The molecule has 36 heavy (non-hydrogen) atoms. The van der Waals surface area contributed by atoms with Crippen molar-refractivity contribution < 1.29 is 14.5 Å². The molecular formula is C28H25N3O4S. The molecule has 3 aromatic rings. The van der Waals surface area contributed by atoms with Gasteiger partial charge in [0.15, 0.2) is 5.78 Å². The first kappa shape index (κ1) is 22.9. The minimum absolute atomic E-state index is 0.00486. The van der Waals surface area contributed by atoms with E-state index in [1.807, 2.05) is 44.2 Å². The summed E-state index contributed by atoms with van der Waals surface area (Å²) in [7, 11) is 0. The molecule has 182 valence electrons. The third kappa shape index (κ3) is 3.10. The van der Waals surface area contributed by atoms with E-state index < -0.39 is 16.4 Å². The largest absolute Gasteiger partial charge is 0.324 e. The number of rotatable bonds is 4. The summed E-state index contributed by atoms with van der Waals surface area (Å²) < 4.78 is 0. The van der Waals surface area contributed by atoms with E-state index in [0.29, 0.717) is 11.4 Å². The summed E-state index contributed by atoms with van der Waals surface area (Å²) in [6.45, 7) is 3.99. The Balaban J connectivity index is 1.62. The Hall–Kier alpha value is -3.49. The van der Waals surface area contributed by atoms with Crippen LogP contribution in [-0.4, -0.2) is 39.2 Å². The quantitative estimate of drug-likeness (QED) is 0.308. The van der Waals surface area contributed by atoms with Gasteiger partial charge < -0.3 is 5.32 Å². The second-order valence-electron chi connectivity index (χ2n) is 9.84. The number of fused-ring (bicyclic) bond motifs is 4. The molecule has 3 aliphatic heterocycles. The number of nitrogens with zero attached hydrogens (tertiary/aromatic N) is 2. The first-order chi connectivity index (χ1) is 17.3. The molecule has 3 aromatic carbocycles. The van der Waals surface area contributed by atoms with Gasteiger partial charge in [0.2, 0.25) is 5.91 Å². The fourth-order valence-electron chi connectivity index (χ4n) is 6.51. The van der Waals surface area contributed by atoms with Crippen LogP contribution in [-0.2, 0) is 10.3 Å². The predicted molar refractivity (Wildman–Crippen MR) is 139 cm³/mol. The number of non-ortho nitro benzene ring substituents is 1. The number of Topliss-reactive ketones (excluding diaryl/α,β-unsaturated/α-hetero) is 1. The van der Waals surface area contributed by atoms with E-state index in [9.17, 15) is 19.7 Å². The summed E-state index contributed by atoms with van der Waals surface area (Å²) in [4.78, 5) is 41.6. The highest BCUT2D eigenvalue weighted by Gasteiger charge is 2.69. The number of aryl methyl sites for hydroxylation is 2. The summed E-state index contributed by atoms with van der Waals surface area (Å²) in [5.41, 5.74) is 3.92. The molecule has 7 nitrogen and oxygen atoms in total. The van der Waals surface area contributed by atoms with E-state index in [-0.39, 0.29) is 29.3 Å². The molecule has 0 bridgehead atoms. The number of carbonyl (C=O) groups excluding carboxylic acids is 2. The van der Waals surface area contributed by atoms with Crippen molar-refractivity contribution in [3.8, 4) is 0 Å². The van der Waals surface area contributed by atoms with Crippen molar-refractivity contribution in [3.63, 3.8) is 0 Å². The summed E-state index contributed by atoms with van der Waals surface area (Å²) >= 11 is 1.75. The zero-order valence-electron chi connectivity index (χ0n) is 19.9. The maximum absolute atomic E-state index is 14.4. The lowest BCUT2D eigenvalue weighted by atomic mass is 9.69. The molecule has 2 saturated heterocycles. The third-order valence-corrected chi connectivity index (χ3v) is 8.94. The van der Waals surface area contributed by atoms with Crippen LogP contribution in [0.2, 0.25) is 0 Å². The normalized spacial score (nSPS) is 26.6. The van der Waals surface area contributed by atoms with Gasteiger partial charge in [0, 0.05) is 52.5 Å². The van der Waals surface area contributed by atoms with Crippen LogP contribution in [0.15, 0.2) is 66.7 Å². The molecule has 0 aromatic heterocycles. The number of carbonyl (C=O) groups is 2. The summed E-state index contributed by atoms with van der Waals surface area (Å²) in [5, 5.41) is 14.4. The molecule has 3 aliphatic rings. The van der Waals surface area contributed by atoms with Crippen molar-refractivity contribution in [2.45, 2.75) is 31.3 Å². The molecule has 3 heterocycles. The number of anilines is 1. The number of nitro benzene ring substituents is 1.